The second-order valence-electron chi connectivity index (χ2n) is 7.09. The molecule has 3 nitrogen and oxygen atoms in total. The van der Waals surface area contributed by atoms with Crippen LogP contribution in [0.2, 0.25) is 0 Å². The third-order valence-electron chi connectivity index (χ3n) is 4.19. The van der Waals surface area contributed by atoms with Crippen LogP contribution in [-0.2, 0) is 18.1 Å². The van der Waals surface area contributed by atoms with Crippen LogP contribution < -0.4 is 0 Å². The third kappa shape index (κ3) is 2.85. The molecule has 0 saturated carbocycles. The van der Waals surface area contributed by atoms with E-state index in [4.69, 9.17) is 0 Å². The number of hydrogen-bond donors (Lipinski definition) is 0. The average molecular weight is 335 g/mol. The normalized spacial score (nSPS) is 15.2. The van der Waals surface area contributed by atoms with E-state index in [0.717, 1.165) is 34.8 Å². The Balaban J connectivity index is 2.17. The van der Waals surface area contributed by atoms with Gasteiger partial charge in [0.05, 0.1) is 35.8 Å². The molecule has 0 aliphatic carbocycles. The summed E-state index contributed by atoms with van der Waals surface area (Å²) in [5.74, 6) is 0. The molecule has 2 heterocycles. The van der Waals surface area contributed by atoms with Gasteiger partial charge in [-0.25, -0.2) is 0 Å². The van der Waals surface area contributed by atoms with Crippen LogP contribution in [0, 0.1) is 0 Å². The maximum absolute atomic E-state index is 12.8. The number of fused-ring (bicyclic) bond motifs is 1. The summed E-state index contributed by atoms with van der Waals surface area (Å²) in [4.78, 5) is 4.51. The van der Waals surface area contributed by atoms with E-state index in [9.17, 15) is 13.2 Å². The topological polar surface area (TPSA) is 30.2 Å². The van der Waals surface area contributed by atoms with Gasteiger partial charge in [-0.2, -0.15) is 18.3 Å². The summed E-state index contributed by atoms with van der Waals surface area (Å²) in [5, 5.41) is 4.68. The maximum Gasteiger partial charge on any atom is 0.416 e. The Hall–Kier alpha value is -2.11. The zero-order valence-electron chi connectivity index (χ0n) is 14.2. The predicted octanol–water partition coefficient (Wildman–Crippen LogP) is 4.69. The molecule has 128 valence electrons. The second kappa shape index (κ2) is 5.46. The van der Waals surface area contributed by atoms with Gasteiger partial charge in [-0.05, 0) is 24.5 Å². The molecule has 1 aliphatic heterocycles. The summed E-state index contributed by atoms with van der Waals surface area (Å²) in [7, 11) is 0. The van der Waals surface area contributed by atoms with Gasteiger partial charge in [0.1, 0.15) is 0 Å². The summed E-state index contributed by atoms with van der Waals surface area (Å²) in [6.45, 7) is 9.58. The first-order chi connectivity index (χ1) is 11.1. The molecule has 0 spiro atoms. The van der Waals surface area contributed by atoms with Crippen LogP contribution in [-0.4, -0.2) is 22.0 Å². The van der Waals surface area contributed by atoms with Gasteiger partial charge in [-0.15, -0.1) is 0 Å². The van der Waals surface area contributed by atoms with Crippen LogP contribution in [0.4, 0.5) is 13.2 Å². The largest absolute Gasteiger partial charge is 0.416 e. The number of rotatable bonds is 1. The number of aliphatic imine (C=N–C) groups is 1. The molecule has 0 bridgehead atoms. The van der Waals surface area contributed by atoms with E-state index >= 15 is 0 Å². The molecule has 0 N–H and O–H groups in total. The van der Waals surface area contributed by atoms with E-state index in [2.05, 4.69) is 30.9 Å². The molecule has 6 heteroatoms. The van der Waals surface area contributed by atoms with Crippen molar-refractivity contribution in [2.75, 3.05) is 6.54 Å². The molecular formula is C18H20F3N3. The molecule has 3 rings (SSSR count). The Kier molecular flexibility index (Phi) is 3.81. The molecule has 24 heavy (non-hydrogen) atoms. The highest BCUT2D eigenvalue weighted by atomic mass is 19.4. The van der Waals surface area contributed by atoms with Gasteiger partial charge >= 0.3 is 6.18 Å². The zero-order chi connectivity index (χ0) is 17.7. The fourth-order valence-electron chi connectivity index (χ4n) is 3.11. The smallest absolute Gasteiger partial charge is 0.286 e. The highest BCUT2D eigenvalue weighted by Crippen LogP contribution is 2.37. The zero-order valence-corrected chi connectivity index (χ0v) is 14.2. The summed E-state index contributed by atoms with van der Waals surface area (Å²) >= 11 is 0. The third-order valence-corrected chi connectivity index (χ3v) is 4.19. The first kappa shape index (κ1) is 16.7. The van der Waals surface area contributed by atoms with Gasteiger partial charge in [0.25, 0.3) is 0 Å². The van der Waals surface area contributed by atoms with Crippen molar-refractivity contribution in [1.29, 1.82) is 0 Å². The molecule has 0 fully saturated rings. The van der Waals surface area contributed by atoms with Crippen LogP contribution >= 0.6 is 0 Å². The molecule has 0 atom stereocenters. The highest BCUT2D eigenvalue weighted by Gasteiger charge is 2.32. The predicted molar refractivity (Wildman–Crippen MR) is 88.4 cm³/mol. The minimum absolute atomic E-state index is 0.195. The fourth-order valence-corrected chi connectivity index (χ4v) is 3.11. The Morgan fingerprint density at radius 2 is 1.67 bits per heavy atom. The second-order valence-corrected chi connectivity index (χ2v) is 7.09. The summed E-state index contributed by atoms with van der Waals surface area (Å²) in [5.41, 5.74) is 3.54. The maximum atomic E-state index is 12.8. The molecule has 1 aromatic heterocycles. The Morgan fingerprint density at radius 3 is 2.21 bits per heavy atom. The van der Waals surface area contributed by atoms with E-state index in [1.165, 1.54) is 12.1 Å². The molecule has 0 amide bonds. The van der Waals surface area contributed by atoms with Crippen molar-refractivity contribution >= 4 is 5.71 Å². The first-order valence-corrected chi connectivity index (χ1v) is 7.89. The SMILES string of the molecule is CC1=NCCn2nc(-c3ccc(C(F)(F)F)cc3)c(C(C)(C)C)c21. The molecule has 0 radical (unpaired) electrons. The molecule has 2 aromatic rings. The van der Waals surface area contributed by atoms with Crippen molar-refractivity contribution in [3.05, 3.63) is 41.1 Å². The highest BCUT2D eigenvalue weighted by molar-refractivity contribution is 6.00. The number of benzene rings is 1. The minimum atomic E-state index is -4.33. The lowest BCUT2D eigenvalue weighted by Gasteiger charge is -2.23. The number of alkyl halides is 3. The van der Waals surface area contributed by atoms with E-state index in [1.54, 1.807) is 0 Å². The van der Waals surface area contributed by atoms with Crippen molar-refractivity contribution < 1.29 is 13.2 Å². The Bertz CT molecular complexity index is 791. The Labute approximate surface area is 139 Å². The number of aromatic nitrogens is 2. The lowest BCUT2D eigenvalue weighted by molar-refractivity contribution is -0.137. The first-order valence-electron chi connectivity index (χ1n) is 7.89. The minimum Gasteiger partial charge on any atom is -0.286 e. The van der Waals surface area contributed by atoms with E-state index < -0.39 is 11.7 Å². The lowest BCUT2D eigenvalue weighted by Crippen LogP contribution is -2.22. The molecule has 1 aromatic carbocycles. The summed E-state index contributed by atoms with van der Waals surface area (Å²) in [6, 6.07) is 5.22. The van der Waals surface area contributed by atoms with Crippen molar-refractivity contribution in [3.8, 4) is 11.3 Å². The number of nitrogens with zero attached hydrogens (tertiary/aromatic N) is 3. The fraction of sp³-hybridized carbons (Fsp3) is 0.444. The van der Waals surface area contributed by atoms with Gasteiger partial charge in [0.2, 0.25) is 0 Å². The standard InChI is InChI=1S/C18H20F3N3/c1-11-16-14(17(2,3)4)15(23-24(16)10-9-22-11)12-5-7-13(8-6-12)18(19,20)21/h5-8H,9-10H2,1-4H3. The van der Waals surface area contributed by atoms with Crippen molar-refractivity contribution in [2.45, 2.75) is 45.8 Å². The van der Waals surface area contributed by atoms with Crippen molar-refractivity contribution in [2.24, 2.45) is 4.99 Å². The van der Waals surface area contributed by atoms with Gasteiger partial charge < -0.3 is 0 Å². The van der Waals surface area contributed by atoms with Gasteiger partial charge in [-0.1, -0.05) is 32.9 Å². The van der Waals surface area contributed by atoms with E-state index in [1.807, 2.05) is 11.6 Å². The van der Waals surface area contributed by atoms with Crippen LogP contribution in [0.25, 0.3) is 11.3 Å². The summed E-state index contributed by atoms with van der Waals surface area (Å²) in [6.07, 6.45) is -4.33. The molecular weight excluding hydrogens is 315 g/mol. The average Bonchev–Trinajstić information content (AvgIpc) is 2.87. The van der Waals surface area contributed by atoms with Gasteiger partial charge in [0, 0.05) is 11.1 Å². The Morgan fingerprint density at radius 1 is 1.04 bits per heavy atom. The van der Waals surface area contributed by atoms with Crippen molar-refractivity contribution in [3.63, 3.8) is 0 Å². The summed E-state index contributed by atoms with van der Waals surface area (Å²) < 4.78 is 40.3. The monoisotopic (exact) mass is 335 g/mol. The van der Waals surface area contributed by atoms with Gasteiger partial charge in [0.15, 0.2) is 0 Å². The van der Waals surface area contributed by atoms with Crippen LogP contribution in [0.1, 0.15) is 44.5 Å². The van der Waals surface area contributed by atoms with Crippen molar-refractivity contribution in [1.82, 2.24) is 9.78 Å². The van der Waals surface area contributed by atoms with Crippen LogP contribution in [0.5, 0.6) is 0 Å². The van der Waals surface area contributed by atoms with E-state index in [-0.39, 0.29) is 5.41 Å². The number of halogens is 3. The van der Waals surface area contributed by atoms with Gasteiger partial charge in [-0.3, -0.25) is 9.67 Å². The quantitative estimate of drug-likeness (QED) is 0.743. The molecule has 0 saturated heterocycles. The number of hydrogen-bond acceptors (Lipinski definition) is 2. The molecule has 1 aliphatic rings. The lowest BCUT2D eigenvalue weighted by atomic mass is 9.82. The van der Waals surface area contributed by atoms with Crippen LogP contribution in [0.3, 0.4) is 0 Å². The van der Waals surface area contributed by atoms with E-state index in [0.29, 0.717) is 18.7 Å². The molecule has 0 unspecified atom stereocenters. The van der Waals surface area contributed by atoms with Crippen LogP contribution in [0.15, 0.2) is 29.3 Å².